The second kappa shape index (κ2) is 7.94. The first-order valence-electron chi connectivity index (χ1n) is 10.3. The number of aromatic nitrogens is 4. The molecule has 0 bridgehead atoms. The van der Waals surface area contributed by atoms with Crippen LogP contribution in [-0.2, 0) is 23.8 Å². The summed E-state index contributed by atoms with van der Waals surface area (Å²) in [4.78, 5) is 22.4. The smallest absolute Gasteiger partial charge is 0.339 e. The van der Waals surface area contributed by atoms with Crippen molar-refractivity contribution in [3.05, 3.63) is 58.2 Å². The molecule has 0 fully saturated rings. The average molecular weight is 431 g/mol. The third-order valence-electron chi connectivity index (χ3n) is 6.09. The number of aryl methyl sites for hydroxylation is 3. The van der Waals surface area contributed by atoms with Gasteiger partial charge in [-0.3, -0.25) is 4.79 Å². The van der Waals surface area contributed by atoms with Gasteiger partial charge in [0.2, 0.25) is 5.91 Å². The molecule has 31 heavy (non-hydrogen) atoms. The molecule has 1 unspecified atom stereocenters. The quantitative estimate of drug-likeness (QED) is 0.620. The lowest BCUT2D eigenvalue weighted by Crippen LogP contribution is -2.33. The van der Waals surface area contributed by atoms with Crippen molar-refractivity contribution in [1.82, 2.24) is 24.5 Å². The first kappa shape index (κ1) is 21.3. The predicted octanol–water partition coefficient (Wildman–Crippen LogP) is 4.23. The predicted molar refractivity (Wildman–Crippen MR) is 108 cm³/mol. The lowest BCUT2D eigenvalue weighted by Gasteiger charge is -2.33. The minimum atomic E-state index is -4.64. The van der Waals surface area contributed by atoms with E-state index in [2.05, 4.69) is 27.2 Å². The molecule has 1 aromatic carbocycles. The third-order valence-corrected chi connectivity index (χ3v) is 6.09. The molecule has 0 N–H and O–H groups in total. The molecular formula is C22H24F3N5O. The van der Waals surface area contributed by atoms with Crippen LogP contribution in [0.3, 0.4) is 0 Å². The number of benzene rings is 1. The highest BCUT2D eigenvalue weighted by Gasteiger charge is 2.37. The van der Waals surface area contributed by atoms with Gasteiger partial charge in [0.25, 0.3) is 11.6 Å². The second-order valence-corrected chi connectivity index (χ2v) is 8.02. The van der Waals surface area contributed by atoms with Crippen molar-refractivity contribution in [2.75, 3.05) is 7.05 Å². The molecule has 2 heterocycles. The fraction of sp³-hybridized carbons (Fsp3) is 0.455. The first-order chi connectivity index (χ1) is 14.7. The van der Waals surface area contributed by atoms with Gasteiger partial charge < -0.3 is 4.90 Å². The van der Waals surface area contributed by atoms with Crippen LogP contribution in [0.4, 0.5) is 13.2 Å². The van der Waals surface area contributed by atoms with E-state index in [9.17, 15) is 18.0 Å². The zero-order valence-corrected chi connectivity index (χ0v) is 17.7. The third kappa shape index (κ3) is 4.00. The number of alkyl halides is 3. The molecular weight excluding hydrogens is 407 g/mol. The normalized spacial score (nSPS) is 16.4. The Morgan fingerprint density at radius 1 is 1.23 bits per heavy atom. The zero-order valence-electron chi connectivity index (χ0n) is 17.7. The largest absolute Gasteiger partial charge is 0.453 e. The monoisotopic (exact) mass is 431 g/mol. The molecule has 3 aromatic rings. The van der Waals surface area contributed by atoms with Crippen molar-refractivity contribution in [1.29, 1.82) is 0 Å². The van der Waals surface area contributed by atoms with Crippen molar-refractivity contribution in [2.45, 2.75) is 58.2 Å². The standard InChI is InChI=1S/C22H24F3N5O/c1-13-16(14(2)30-21(26-13)27-20(28-30)22(23,24)25)11-12-19(31)29(3)18-10-6-8-15-7-4-5-9-17(15)18/h4-5,7,9,18H,6,8,10-12H2,1-3H3. The zero-order chi connectivity index (χ0) is 22.3. The molecule has 1 amide bonds. The summed E-state index contributed by atoms with van der Waals surface area (Å²) in [7, 11) is 1.82. The summed E-state index contributed by atoms with van der Waals surface area (Å²) in [6.07, 6.45) is -1.04. The van der Waals surface area contributed by atoms with Crippen LogP contribution in [-0.4, -0.2) is 37.4 Å². The molecule has 0 radical (unpaired) electrons. The van der Waals surface area contributed by atoms with E-state index in [0.717, 1.165) is 29.3 Å². The fourth-order valence-corrected chi connectivity index (χ4v) is 4.40. The van der Waals surface area contributed by atoms with Crippen molar-refractivity contribution < 1.29 is 18.0 Å². The van der Waals surface area contributed by atoms with E-state index < -0.39 is 12.0 Å². The summed E-state index contributed by atoms with van der Waals surface area (Å²) in [6, 6.07) is 8.26. The van der Waals surface area contributed by atoms with E-state index in [-0.39, 0.29) is 24.1 Å². The van der Waals surface area contributed by atoms with Gasteiger partial charge >= 0.3 is 6.18 Å². The highest BCUT2D eigenvalue weighted by Crippen LogP contribution is 2.34. The Balaban J connectivity index is 1.53. The highest BCUT2D eigenvalue weighted by molar-refractivity contribution is 5.77. The molecule has 0 saturated heterocycles. The van der Waals surface area contributed by atoms with Gasteiger partial charge in [-0.1, -0.05) is 24.3 Å². The molecule has 0 aliphatic heterocycles. The number of carbonyl (C=O) groups is 1. The second-order valence-electron chi connectivity index (χ2n) is 8.02. The average Bonchev–Trinajstić information content (AvgIpc) is 3.17. The molecule has 4 rings (SSSR count). The maximum absolute atomic E-state index is 13.0. The molecule has 164 valence electrons. The van der Waals surface area contributed by atoms with Gasteiger partial charge in [0.1, 0.15) is 0 Å². The number of nitrogens with zero attached hydrogens (tertiary/aromatic N) is 5. The Morgan fingerprint density at radius 3 is 2.71 bits per heavy atom. The Hall–Kier alpha value is -2.97. The van der Waals surface area contributed by atoms with Crippen LogP contribution >= 0.6 is 0 Å². The van der Waals surface area contributed by atoms with Gasteiger partial charge in [-0.2, -0.15) is 18.2 Å². The molecule has 0 saturated carbocycles. The van der Waals surface area contributed by atoms with Crippen LogP contribution in [0.1, 0.15) is 59.2 Å². The number of amides is 1. The molecule has 1 atom stereocenters. The summed E-state index contributed by atoms with van der Waals surface area (Å²) in [5, 5.41) is 3.57. The molecule has 0 spiro atoms. The summed E-state index contributed by atoms with van der Waals surface area (Å²) >= 11 is 0. The fourth-order valence-electron chi connectivity index (χ4n) is 4.40. The van der Waals surface area contributed by atoms with Crippen molar-refractivity contribution >= 4 is 11.7 Å². The SMILES string of the molecule is Cc1nc2nc(C(F)(F)F)nn2c(C)c1CCC(=O)N(C)C1CCCc2ccccc21. The van der Waals surface area contributed by atoms with Crippen LogP contribution in [0.5, 0.6) is 0 Å². The number of carbonyl (C=O) groups excluding carboxylic acids is 1. The topological polar surface area (TPSA) is 63.4 Å². The van der Waals surface area contributed by atoms with Crippen LogP contribution in [0.25, 0.3) is 5.78 Å². The lowest BCUT2D eigenvalue weighted by atomic mass is 9.87. The minimum absolute atomic E-state index is 0.00447. The summed E-state index contributed by atoms with van der Waals surface area (Å²) in [5.41, 5.74) is 4.28. The van der Waals surface area contributed by atoms with Gasteiger partial charge in [-0.05, 0) is 56.2 Å². The minimum Gasteiger partial charge on any atom is -0.339 e. The first-order valence-corrected chi connectivity index (χ1v) is 10.3. The van der Waals surface area contributed by atoms with Gasteiger partial charge in [0.15, 0.2) is 0 Å². The number of halogens is 3. The maximum atomic E-state index is 13.0. The van der Waals surface area contributed by atoms with Crippen LogP contribution in [0.2, 0.25) is 0 Å². The number of fused-ring (bicyclic) bond motifs is 2. The molecule has 1 aliphatic carbocycles. The van der Waals surface area contributed by atoms with Crippen LogP contribution < -0.4 is 0 Å². The van der Waals surface area contributed by atoms with Gasteiger partial charge in [0.05, 0.1) is 6.04 Å². The van der Waals surface area contributed by atoms with Crippen molar-refractivity contribution in [2.24, 2.45) is 0 Å². The van der Waals surface area contributed by atoms with Crippen LogP contribution in [0.15, 0.2) is 24.3 Å². The van der Waals surface area contributed by atoms with Crippen LogP contribution in [0, 0.1) is 13.8 Å². The van der Waals surface area contributed by atoms with Gasteiger partial charge in [-0.25, -0.2) is 9.50 Å². The number of hydrogen-bond acceptors (Lipinski definition) is 4. The molecule has 2 aromatic heterocycles. The molecule has 9 heteroatoms. The Bertz CT molecular complexity index is 1140. The Labute approximate surface area is 178 Å². The Morgan fingerprint density at radius 2 is 1.97 bits per heavy atom. The lowest BCUT2D eigenvalue weighted by molar-refractivity contribution is -0.144. The maximum Gasteiger partial charge on any atom is 0.453 e. The van der Waals surface area contributed by atoms with Gasteiger partial charge in [0, 0.05) is 24.9 Å². The molecule has 6 nitrogen and oxygen atoms in total. The van der Waals surface area contributed by atoms with E-state index in [4.69, 9.17) is 0 Å². The van der Waals surface area contributed by atoms with Crippen molar-refractivity contribution in [3.8, 4) is 0 Å². The molecule has 1 aliphatic rings. The van der Waals surface area contributed by atoms with E-state index in [1.807, 2.05) is 19.2 Å². The summed E-state index contributed by atoms with van der Waals surface area (Å²) < 4.78 is 40.0. The highest BCUT2D eigenvalue weighted by atomic mass is 19.4. The Kier molecular flexibility index (Phi) is 5.45. The number of rotatable bonds is 4. The summed E-state index contributed by atoms with van der Waals surface area (Å²) in [5.74, 6) is -1.31. The number of hydrogen-bond donors (Lipinski definition) is 0. The van der Waals surface area contributed by atoms with E-state index >= 15 is 0 Å². The van der Waals surface area contributed by atoms with E-state index in [1.165, 1.54) is 11.1 Å². The van der Waals surface area contributed by atoms with E-state index in [0.29, 0.717) is 17.8 Å². The van der Waals surface area contributed by atoms with E-state index in [1.54, 1.807) is 18.7 Å². The summed E-state index contributed by atoms with van der Waals surface area (Å²) in [6.45, 7) is 3.40. The van der Waals surface area contributed by atoms with Gasteiger partial charge in [-0.15, -0.1) is 5.10 Å². The van der Waals surface area contributed by atoms with Crippen molar-refractivity contribution in [3.63, 3.8) is 0 Å².